The monoisotopic (exact) mass is 474 g/mol. The zero-order chi connectivity index (χ0) is 21.9. The van der Waals surface area contributed by atoms with Crippen molar-refractivity contribution in [2.45, 2.75) is 19.0 Å². The van der Waals surface area contributed by atoms with Gasteiger partial charge in [0.1, 0.15) is 10.1 Å². The third-order valence-corrected chi connectivity index (χ3v) is 5.74. The summed E-state index contributed by atoms with van der Waals surface area (Å²) in [6, 6.07) is 6.55. The van der Waals surface area contributed by atoms with E-state index in [9.17, 15) is 22.8 Å². The number of amides is 2. The molecule has 0 unspecified atom stereocenters. The maximum atomic E-state index is 12.9. The highest BCUT2D eigenvalue weighted by molar-refractivity contribution is 8.26. The van der Waals surface area contributed by atoms with E-state index >= 15 is 0 Å². The van der Waals surface area contributed by atoms with Gasteiger partial charge in [0, 0.05) is 24.7 Å². The van der Waals surface area contributed by atoms with Gasteiger partial charge in [-0.3, -0.25) is 14.5 Å². The largest absolute Gasteiger partial charge is 0.465 e. The van der Waals surface area contributed by atoms with Gasteiger partial charge in [0.25, 0.3) is 5.91 Å². The minimum Gasteiger partial charge on any atom is -0.465 e. The van der Waals surface area contributed by atoms with E-state index in [-0.39, 0.29) is 31.0 Å². The minimum absolute atomic E-state index is 0.00172. The lowest BCUT2D eigenvalue weighted by molar-refractivity contribution is -0.137. The van der Waals surface area contributed by atoms with Gasteiger partial charge in [-0.15, -0.1) is 0 Å². The molecule has 1 N–H and O–H groups in total. The molecular weight excluding hydrogens is 461 g/mol. The Balaban J connectivity index is 1.54. The number of nitrogens with zero attached hydrogens (tertiary/aromatic N) is 1. The number of carbonyl (C=O) groups is 2. The van der Waals surface area contributed by atoms with E-state index in [1.807, 2.05) is 0 Å². The molecule has 0 aliphatic carbocycles. The van der Waals surface area contributed by atoms with Gasteiger partial charge in [-0.1, -0.05) is 35.6 Å². The molecule has 0 radical (unpaired) electrons. The van der Waals surface area contributed by atoms with Crippen LogP contribution in [0.15, 0.2) is 45.9 Å². The Bertz CT molecular complexity index is 1010. The SMILES string of the molecule is O=C(CCCN1C(=O)C(=Cc2ccco2)SC1=S)Nc1ccc(Cl)c(C(F)(F)F)c1. The number of anilines is 1. The zero-order valence-electron chi connectivity index (χ0n) is 15.2. The molecule has 11 heteroatoms. The Labute approximate surface area is 184 Å². The number of benzene rings is 1. The van der Waals surface area contributed by atoms with Crippen molar-refractivity contribution in [1.82, 2.24) is 4.90 Å². The van der Waals surface area contributed by atoms with Crippen LogP contribution in [0.3, 0.4) is 0 Å². The summed E-state index contributed by atoms with van der Waals surface area (Å²) in [4.78, 5) is 26.3. The molecule has 1 aliphatic heterocycles. The van der Waals surface area contributed by atoms with Crippen LogP contribution in [0.5, 0.6) is 0 Å². The lowest BCUT2D eigenvalue weighted by Crippen LogP contribution is -2.29. The number of furan rings is 1. The number of alkyl halides is 3. The van der Waals surface area contributed by atoms with E-state index in [0.29, 0.717) is 15.0 Å². The average Bonchev–Trinajstić information content (AvgIpc) is 3.26. The predicted octanol–water partition coefficient (Wildman–Crippen LogP) is 5.57. The average molecular weight is 475 g/mol. The summed E-state index contributed by atoms with van der Waals surface area (Å²) in [5.74, 6) is -0.243. The van der Waals surface area contributed by atoms with Crippen molar-refractivity contribution >= 4 is 63.5 Å². The van der Waals surface area contributed by atoms with Crippen molar-refractivity contribution in [3.8, 4) is 0 Å². The number of hydrogen-bond acceptors (Lipinski definition) is 5. The fourth-order valence-electron chi connectivity index (χ4n) is 2.64. The molecule has 5 nitrogen and oxygen atoms in total. The van der Waals surface area contributed by atoms with Gasteiger partial charge in [0.15, 0.2) is 0 Å². The lowest BCUT2D eigenvalue weighted by atomic mass is 10.2. The summed E-state index contributed by atoms with van der Waals surface area (Å²) in [6.45, 7) is 0.210. The van der Waals surface area contributed by atoms with Gasteiger partial charge in [0.05, 0.1) is 21.8 Å². The van der Waals surface area contributed by atoms with E-state index in [1.165, 1.54) is 17.2 Å². The molecule has 2 heterocycles. The topological polar surface area (TPSA) is 62.6 Å². The van der Waals surface area contributed by atoms with E-state index in [4.69, 9.17) is 28.2 Å². The first-order valence-corrected chi connectivity index (χ1v) is 10.2. The normalized spacial score (nSPS) is 15.9. The van der Waals surface area contributed by atoms with Crippen molar-refractivity contribution in [1.29, 1.82) is 0 Å². The fraction of sp³-hybridized carbons (Fsp3) is 0.211. The Hall–Kier alpha value is -2.30. The third-order valence-electron chi connectivity index (χ3n) is 4.03. The number of rotatable bonds is 6. The van der Waals surface area contributed by atoms with Crippen LogP contribution < -0.4 is 5.32 Å². The molecule has 0 atom stereocenters. The molecule has 3 rings (SSSR count). The zero-order valence-corrected chi connectivity index (χ0v) is 17.6. The first-order chi connectivity index (χ1) is 14.1. The maximum Gasteiger partial charge on any atom is 0.417 e. The van der Waals surface area contributed by atoms with Gasteiger partial charge in [-0.2, -0.15) is 13.2 Å². The van der Waals surface area contributed by atoms with Crippen LogP contribution in [0.1, 0.15) is 24.2 Å². The maximum absolute atomic E-state index is 12.9. The number of nitrogens with one attached hydrogen (secondary N) is 1. The van der Waals surface area contributed by atoms with Crippen molar-refractivity contribution in [3.63, 3.8) is 0 Å². The first kappa shape index (κ1) is 22.4. The number of thiocarbonyl (C=S) groups is 1. The van der Waals surface area contributed by atoms with E-state index in [1.54, 1.807) is 18.2 Å². The predicted molar refractivity (Wildman–Crippen MR) is 113 cm³/mol. The molecule has 0 spiro atoms. The number of thioether (sulfide) groups is 1. The second-order valence-electron chi connectivity index (χ2n) is 6.19. The van der Waals surface area contributed by atoms with Crippen LogP contribution in [0.25, 0.3) is 6.08 Å². The lowest BCUT2D eigenvalue weighted by Gasteiger charge is -2.14. The minimum atomic E-state index is -4.62. The second-order valence-corrected chi connectivity index (χ2v) is 8.28. The molecule has 1 fully saturated rings. The summed E-state index contributed by atoms with van der Waals surface area (Å²) >= 11 is 11.9. The highest BCUT2D eigenvalue weighted by atomic mass is 35.5. The van der Waals surface area contributed by atoms with Crippen molar-refractivity contribution in [2.24, 2.45) is 0 Å². The van der Waals surface area contributed by atoms with Crippen molar-refractivity contribution in [2.75, 3.05) is 11.9 Å². The molecule has 1 saturated heterocycles. The second kappa shape index (κ2) is 9.23. The van der Waals surface area contributed by atoms with E-state index in [2.05, 4.69) is 5.32 Å². The van der Waals surface area contributed by atoms with Gasteiger partial charge < -0.3 is 9.73 Å². The van der Waals surface area contributed by atoms with Crippen LogP contribution in [-0.2, 0) is 15.8 Å². The summed E-state index contributed by atoms with van der Waals surface area (Å²) in [5.41, 5.74) is -1.04. The summed E-state index contributed by atoms with van der Waals surface area (Å²) < 4.78 is 44.3. The molecule has 1 aromatic heterocycles. The van der Waals surface area contributed by atoms with Crippen LogP contribution in [0, 0.1) is 0 Å². The third kappa shape index (κ3) is 5.44. The fourth-order valence-corrected chi connectivity index (χ4v) is 4.15. The molecule has 2 aromatic rings. The summed E-state index contributed by atoms with van der Waals surface area (Å²) in [7, 11) is 0. The molecule has 2 amide bonds. The van der Waals surface area contributed by atoms with Crippen LogP contribution in [0.2, 0.25) is 5.02 Å². The Morgan fingerprint density at radius 2 is 2.10 bits per heavy atom. The Morgan fingerprint density at radius 1 is 1.33 bits per heavy atom. The van der Waals surface area contributed by atoms with Gasteiger partial charge in [-0.25, -0.2) is 0 Å². The molecular formula is C19H14ClF3N2O3S2. The standard InChI is InChI=1S/C19H14ClF3N2O3S2/c20-14-6-5-11(9-13(14)19(21,22)23)24-16(26)4-1-7-25-17(27)15(30-18(25)29)10-12-3-2-8-28-12/h2-3,5-6,8-10H,1,4,7H2,(H,24,26). The molecule has 0 bridgehead atoms. The van der Waals surface area contributed by atoms with Gasteiger partial charge >= 0.3 is 6.18 Å². The molecule has 0 saturated carbocycles. The van der Waals surface area contributed by atoms with Crippen LogP contribution in [-0.4, -0.2) is 27.6 Å². The smallest absolute Gasteiger partial charge is 0.417 e. The molecule has 30 heavy (non-hydrogen) atoms. The first-order valence-electron chi connectivity index (χ1n) is 8.60. The van der Waals surface area contributed by atoms with Gasteiger partial charge in [0.2, 0.25) is 5.91 Å². The highest BCUT2D eigenvalue weighted by Crippen LogP contribution is 2.36. The van der Waals surface area contributed by atoms with E-state index < -0.39 is 22.7 Å². The molecule has 1 aromatic carbocycles. The Kier molecular flexibility index (Phi) is 6.89. The van der Waals surface area contributed by atoms with E-state index in [0.717, 1.165) is 23.9 Å². The van der Waals surface area contributed by atoms with Gasteiger partial charge in [-0.05, 0) is 36.8 Å². The number of carbonyl (C=O) groups excluding carboxylic acids is 2. The van der Waals surface area contributed by atoms with Crippen LogP contribution >= 0.6 is 35.6 Å². The Morgan fingerprint density at radius 3 is 2.77 bits per heavy atom. The number of hydrogen-bond donors (Lipinski definition) is 1. The van der Waals surface area contributed by atoms with Crippen molar-refractivity contribution < 1.29 is 27.2 Å². The quantitative estimate of drug-likeness (QED) is 0.438. The van der Waals surface area contributed by atoms with Crippen LogP contribution in [0.4, 0.5) is 18.9 Å². The summed E-state index contributed by atoms with van der Waals surface area (Å²) in [5, 5.41) is 1.96. The molecule has 158 valence electrons. The highest BCUT2D eigenvalue weighted by Gasteiger charge is 2.34. The molecule has 1 aliphatic rings. The summed E-state index contributed by atoms with van der Waals surface area (Å²) in [6.07, 6.45) is -1.26. The number of halogens is 4. The van der Waals surface area contributed by atoms with Crippen molar-refractivity contribution in [3.05, 3.63) is 57.8 Å².